The van der Waals surface area contributed by atoms with Crippen LogP contribution in [0.2, 0.25) is 0 Å². The van der Waals surface area contributed by atoms with Crippen LogP contribution in [0.3, 0.4) is 0 Å². The van der Waals surface area contributed by atoms with Gasteiger partial charge in [0, 0.05) is 0 Å². The molecule has 0 aromatic heterocycles. The van der Waals surface area contributed by atoms with Gasteiger partial charge in [0.1, 0.15) is 0 Å². The first-order chi connectivity index (χ1) is 6.77. The van der Waals surface area contributed by atoms with Crippen molar-refractivity contribution in [2.75, 3.05) is 0 Å². The van der Waals surface area contributed by atoms with Crippen LogP contribution < -0.4 is 0 Å². The van der Waals surface area contributed by atoms with Crippen LogP contribution in [0.1, 0.15) is 78.1 Å². The molecule has 0 saturated heterocycles. The largest absolute Gasteiger partial charge is 0.135 e. The molecule has 0 heterocycles. The van der Waals surface area contributed by atoms with Crippen molar-refractivity contribution >= 4 is 9.24 Å². The molecule has 0 spiro atoms. The first kappa shape index (κ1) is 14.4. The summed E-state index contributed by atoms with van der Waals surface area (Å²) in [5, 5.41) is 0. The molecule has 0 saturated carbocycles. The Morgan fingerprint density at radius 3 is 1.64 bits per heavy atom. The third-order valence-electron chi connectivity index (χ3n) is 2.76. The highest BCUT2D eigenvalue weighted by Gasteiger charge is 1.94. The molecule has 0 N–H and O–H groups in total. The fourth-order valence-corrected chi connectivity index (χ4v) is 2.01. The van der Waals surface area contributed by atoms with E-state index in [0.717, 1.165) is 5.66 Å². The zero-order valence-corrected chi connectivity index (χ0v) is 11.4. The SMILES string of the molecule is CCCCCCCCCCCC(C)P. The van der Waals surface area contributed by atoms with Gasteiger partial charge >= 0.3 is 0 Å². The second-order valence-electron chi connectivity index (χ2n) is 4.59. The molecule has 0 bridgehead atoms. The van der Waals surface area contributed by atoms with Gasteiger partial charge < -0.3 is 0 Å². The Morgan fingerprint density at radius 2 is 1.21 bits per heavy atom. The van der Waals surface area contributed by atoms with Crippen LogP contribution >= 0.6 is 9.24 Å². The summed E-state index contributed by atoms with van der Waals surface area (Å²) in [6.07, 6.45) is 14.4. The van der Waals surface area contributed by atoms with E-state index < -0.39 is 0 Å². The van der Waals surface area contributed by atoms with Gasteiger partial charge in [0.2, 0.25) is 0 Å². The second-order valence-corrected chi connectivity index (χ2v) is 5.73. The van der Waals surface area contributed by atoms with E-state index in [2.05, 4.69) is 23.1 Å². The molecule has 2 unspecified atom stereocenters. The van der Waals surface area contributed by atoms with Crippen LogP contribution in [-0.4, -0.2) is 5.66 Å². The second kappa shape index (κ2) is 11.5. The molecule has 0 aromatic rings. The van der Waals surface area contributed by atoms with Crippen LogP contribution in [0, 0.1) is 0 Å². The minimum absolute atomic E-state index is 0.819. The lowest BCUT2D eigenvalue weighted by atomic mass is 10.1. The van der Waals surface area contributed by atoms with Crippen LogP contribution in [-0.2, 0) is 0 Å². The number of hydrogen-bond acceptors (Lipinski definition) is 0. The predicted molar refractivity (Wildman–Crippen MR) is 71.0 cm³/mol. The fourth-order valence-electron chi connectivity index (χ4n) is 1.78. The molecule has 0 radical (unpaired) electrons. The van der Waals surface area contributed by atoms with Gasteiger partial charge in [-0.25, -0.2) is 0 Å². The molecule has 0 aliphatic carbocycles. The first-order valence-electron chi connectivity index (χ1n) is 6.53. The summed E-state index contributed by atoms with van der Waals surface area (Å²) in [6.45, 7) is 4.57. The summed E-state index contributed by atoms with van der Waals surface area (Å²) >= 11 is 0. The van der Waals surface area contributed by atoms with E-state index in [9.17, 15) is 0 Å². The predicted octanol–water partition coefficient (Wildman–Crippen LogP) is 5.17. The molecule has 14 heavy (non-hydrogen) atoms. The molecule has 86 valence electrons. The van der Waals surface area contributed by atoms with Crippen molar-refractivity contribution in [2.24, 2.45) is 0 Å². The molecule has 0 aliphatic heterocycles. The Labute approximate surface area is 93.4 Å². The standard InChI is InChI=1S/C13H29P/c1-3-4-5-6-7-8-9-10-11-12-13(2)14/h13H,3-12,14H2,1-2H3. The Balaban J connectivity index is 2.85. The van der Waals surface area contributed by atoms with Gasteiger partial charge in [0.05, 0.1) is 0 Å². The number of rotatable bonds is 10. The molecule has 0 aromatic carbocycles. The van der Waals surface area contributed by atoms with Gasteiger partial charge in [0.25, 0.3) is 0 Å². The van der Waals surface area contributed by atoms with E-state index in [1.807, 2.05) is 0 Å². The summed E-state index contributed by atoms with van der Waals surface area (Å²) in [5.74, 6) is 0. The molecule has 0 aliphatic rings. The molecule has 0 fully saturated rings. The van der Waals surface area contributed by atoms with Gasteiger partial charge in [-0.2, -0.15) is 0 Å². The van der Waals surface area contributed by atoms with E-state index in [1.54, 1.807) is 0 Å². The van der Waals surface area contributed by atoms with Crippen molar-refractivity contribution < 1.29 is 0 Å². The lowest BCUT2D eigenvalue weighted by Gasteiger charge is -2.04. The Hall–Kier alpha value is 0.430. The van der Waals surface area contributed by atoms with Crippen LogP contribution in [0.25, 0.3) is 0 Å². The van der Waals surface area contributed by atoms with Crippen LogP contribution in [0.5, 0.6) is 0 Å². The van der Waals surface area contributed by atoms with Crippen molar-refractivity contribution in [3.63, 3.8) is 0 Å². The van der Waals surface area contributed by atoms with E-state index in [-0.39, 0.29) is 0 Å². The molecule has 0 rings (SSSR count). The van der Waals surface area contributed by atoms with Gasteiger partial charge in [-0.05, 0) is 12.1 Å². The molecular weight excluding hydrogens is 187 g/mol. The summed E-state index contributed by atoms with van der Waals surface area (Å²) in [4.78, 5) is 0. The minimum atomic E-state index is 0.819. The smallest absolute Gasteiger partial charge is 0.0293 e. The zero-order chi connectivity index (χ0) is 10.6. The molecular formula is C13H29P. The lowest BCUT2D eigenvalue weighted by molar-refractivity contribution is 0.556. The quantitative estimate of drug-likeness (QED) is 0.349. The third kappa shape index (κ3) is 12.4. The summed E-state index contributed by atoms with van der Waals surface area (Å²) in [7, 11) is 2.88. The highest BCUT2D eigenvalue weighted by Crippen LogP contribution is 2.13. The third-order valence-corrected chi connectivity index (χ3v) is 3.10. The van der Waals surface area contributed by atoms with Gasteiger partial charge in [-0.15, -0.1) is 9.24 Å². The van der Waals surface area contributed by atoms with Crippen molar-refractivity contribution in [2.45, 2.75) is 83.7 Å². The summed E-state index contributed by atoms with van der Waals surface area (Å²) < 4.78 is 0. The van der Waals surface area contributed by atoms with Crippen LogP contribution in [0.4, 0.5) is 0 Å². The highest BCUT2D eigenvalue weighted by atomic mass is 31.0. The Bertz CT molecular complexity index is 99.4. The monoisotopic (exact) mass is 216 g/mol. The average Bonchev–Trinajstić information content (AvgIpc) is 2.15. The van der Waals surface area contributed by atoms with Crippen LogP contribution in [0.15, 0.2) is 0 Å². The van der Waals surface area contributed by atoms with E-state index >= 15 is 0 Å². The maximum absolute atomic E-state index is 2.88. The highest BCUT2D eigenvalue weighted by molar-refractivity contribution is 7.17. The first-order valence-corrected chi connectivity index (χ1v) is 7.19. The molecule has 0 nitrogen and oxygen atoms in total. The summed E-state index contributed by atoms with van der Waals surface area (Å²) in [6, 6.07) is 0. The topological polar surface area (TPSA) is 0 Å². The zero-order valence-electron chi connectivity index (χ0n) is 10.2. The maximum atomic E-state index is 2.88. The van der Waals surface area contributed by atoms with Crippen molar-refractivity contribution in [1.29, 1.82) is 0 Å². The number of unbranched alkanes of at least 4 members (excludes halogenated alkanes) is 8. The van der Waals surface area contributed by atoms with E-state index in [0.29, 0.717) is 0 Å². The minimum Gasteiger partial charge on any atom is -0.135 e. The fraction of sp³-hybridized carbons (Fsp3) is 1.00. The van der Waals surface area contributed by atoms with Crippen molar-refractivity contribution in [3.05, 3.63) is 0 Å². The Kier molecular flexibility index (Phi) is 11.9. The van der Waals surface area contributed by atoms with E-state index in [1.165, 1.54) is 64.2 Å². The average molecular weight is 216 g/mol. The molecule has 0 amide bonds. The van der Waals surface area contributed by atoms with E-state index in [4.69, 9.17) is 0 Å². The number of hydrogen-bond donors (Lipinski definition) is 0. The van der Waals surface area contributed by atoms with Crippen molar-refractivity contribution in [3.8, 4) is 0 Å². The molecule has 2 atom stereocenters. The Morgan fingerprint density at radius 1 is 0.786 bits per heavy atom. The molecule has 1 heteroatoms. The van der Waals surface area contributed by atoms with Gasteiger partial charge in [-0.1, -0.05) is 71.6 Å². The maximum Gasteiger partial charge on any atom is -0.0293 e. The normalized spacial score (nSPS) is 13.1. The summed E-state index contributed by atoms with van der Waals surface area (Å²) in [5.41, 5.74) is 0.819. The van der Waals surface area contributed by atoms with Gasteiger partial charge in [-0.3, -0.25) is 0 Å². The van der Waals surface area contributed by atoms with Gasteiger partial charge in [0.15, 0.2) is 0 Å². The van der Waals surface area contributed by atoms with Crippen molar-refractivity contribution in [1.82, 2.24) is 0 Å². The lowest BCUT2D eigenvalue weighted by Crippen LogP contribution is -1.89.